The quantitative estimate of drug-likeness (QED) is 0.678. The van der Waals surface area contributed by atoms with E-state index in [9.17, 15) is 14.7 Å². The Hall–Kier alpha value is -2.51. The molecule has 162 valence electrons. The van der Waals surface area contributed by atoms with E-state index >= 15 is 0 Å². The molecular formula is C22H28ClN3O4. The van der Waals surface area contributed by atoms with Gasteiger partial charge in [-0.05, 0) is 30.2 Å². The van der Waals surface area contributed by atoms with Gasteiger partial charge in [-0.1, -0.05) is 37.1 Å². The van der Waals surface area contributed by atoms with Crippen LogP contribution in [0.5, 0.6) is 5.75 Å². The highest BCUT2D eigenvalue weighted by Crippen LogP contribution is 2.17. The summed E-state index contributed by atoms with van der Waals surface area (Å²) in [6.45, 7) is 5.79. The molecule has 2 aromatic rings. The molecule has 3 rings (SSSR count). The lowest BCUT2D eigenvalue weighted by molar-refractivity contribution is 0.0735. The fourth-order valence-electron chi connectivity index (χ4n) is 3.36. The predicted octanol–water partition coefficient (Wildman–Crippen LogP) is 3.31. The molecule has 0 unspecified atom stereocenters. The Morgan fingerprint density at radius 2 is 1.80 bits per heavy atom. The molecule has 0 bridgehead atoms. The number of halogens is 1. The fraction of sp³-hybridized carbons (Fsp3) is 0.455. The third-order valence-electron chi connectivity index (χ3n) is 5.24. The Balaban J connectivity index is 1.56. The normalized spacial score (nSPS) is 14.7. The van der Waals surface area contributed by atoms with Crippen LogP contribution in [0.3, 0.4) is 0 Å². The van der Waals surface area contributed by atoms with Crippen LogP contribution in [-0.4, -0.2) is 58.4 Å². The molecule has 30 heavy (non-hydrogen) atoms. The number of hydrogen-bond acceptors (Lipinski definition) is 5. The number of piperazine rings is 1. The van der Waals surface area contributed by atoms with Crippen molar-refractivity contribution in [1.82, 2.24) is 14.4 Å². The molecule has 0 aliphatic carbocycles. The van der Waals surface area contributed by atoms with E-state index in [1.54, 1.807) is 29.3 Å². The number of nitrogens with zero attached hydrogens (tertiary/aromatic N) is 3. The molecule has 8 heteroatoms. The zero-order chi connectivity index (χ0) is 21.5. The van der Waals surface area contributed by atoms with Crippen molar-refractivity contribution in [3.05, 3.63) is 63.0 Å². The number of unbranched alkanes of at least 4 members (excludes halogenated alkanes) is 1. The van der Waals surface area contributed by atoms with Crippen molar-refractivity contribution in [1.29, 1.82) is 0 Å². The molecule has 1 saturated heterocycles. The van der Waals surface area contributed by atoms with Gasteiger partial charge in [0, 0.05) is 49.5 Å². The number of aromatic nitrogens is 1. The van der Waals surface area contributed by atoms with Crippen molar-refractivity contribution < 1.29 is 14.6 Å². The number of ether oxygens (including phenoxy) is 1. The summed E-state index contributed by atoms with van der Waals surface area (Å²) in [5.41, 5.74) is 1.10. The lowest BCUT2D eigenvalue weighted by Gasteiger charge is -2.34. The van der Waals surface area contributed by atoms with Gasteiger partial charge in [0.15, 0.2) is 5.75 Å². The SMILES string of the molecule is CCCCOC(=O)N1CCN(Cc2ccn(Cc3ccc(Cl)cc3)c(=O)c2O)CC1. The smallest absolute Gasteiger partial charge is 0.409 e. The number of pyridine rings is 1. The second-order valence-electron chi connectivity index (χ2n) is 7.48. The first-order valence-electron chi connectivity index (χ1n) is 10.3. The van der Waals surface area contributed by atoms with Crippen LogP contribution in [0, 0.1) is 0 Å². The number of benzene rings is 1. The molecule has 0 atom stereocenters. The minimum atomic E-state index is -0.416. The third kappa shape index (κ3) is 5.77. The van der Waals surface area contributed by atoms with Gasteiger partial charge in [0.2, 0.25) is 0 Å². The van der Waals surface area contributed by atoms with Gasteiger partial charge in [0.05, 0.1) is 13.2 Å². The van der Waals surface area contributed by atoms with Crippen molar-refractivity contribution in [2.45, 2.75) is 32.9 Å². The molecule has 0 radical (unpaired) electrons. The van der Waals surface area contributed by atoms with E-state index in [1.807, 2.05) is 12.1 Å². The Labute approximate surface area is 181 Å². The molecule has 1 aliphatic rings. The van der Waals surface area contributed by atoms with Gasteiger partial charge in [0.1, 0.15) is 0 Å². The first kappa shape index (κ1) is 22.2. The van der Waals surface area contributed by atoms with Gasteiger partial charge in [-0.3, -0.25) is 9.69 Å². The van der Waals surface area contributed by atoms with Gasteiger partial charge < -0.3 is 19.3 Å². The van der Waals surface area contributed by atoms with Crippen molar-refractivity contribution in [2.24, 2.45) is 0 Å². The molecular weight excluding hydrogens is 406 g/mol. The zero-order valence-electron chi connectivity index (χ0n) is 17.2. The van der Waals surface area contributed by atoms with Crippen LogP contribution in [0.2, 0.25) is 5.02 Å². The van der Waals surface area contributed by atoms with Crippen LogP contribution >= 0.6 is 11.6 Å². The van der Waals surface area contributed by atoms with Crippen molar-refractivity contribution in [3.63, 3.8) is 0 Å². The minimum absolute atomic E-state index is 0.229. The van der Waals surface area contributed by atoms with Gasteiger partial charge in [-0.25, -0.2) is 4.79 Å². The molecule has 7 nitrogen and oxygen atoms in total. The van der Waals surface area contributed by atoms with E-state index in [1.165, 1.54) is 4.57 Å². The molecule has 1 fully saturated rings. The molecule has 1 aromatic carbocycles. The van der Waals surface area contributed by atoms with Crippen LogP contribution in [0.1, 0.15) is 30.9 Å². The summed E-state index contributed by atoms with van der Waals surface area (Å²) in [6, 6.07) is 9.03. The van der Waals surface area contributed by atoms with Crippen molar-refractivity contribution in [3.8, 4) is 5.75 Å². The molecule has 0 spiro atoms. The van der Waals surface area contributed by atoms with Gasteiger partial charge in [-0.2, -0.15) is 0 Å². The molecule has 2 heterocycles. The standard InChI is InChI=1S/C22H28ClN3O4/c1-2-3-14-30-22(29)25-12-10-24(11-13-25)16-18-8-9-26(21(28)20(18)27)15-17-4-6-19(23)7-5-17/h4-9,27H,2-3,10-16H2,1H3. The third-order valence-corrected chi connectivity index (χ3v) is 5.49. The molecule has 1 aliphatic heterocycles. The maximum atomic E-state index is 12.6. The number of carbonyl (C=O) groups is 1. The molecule has 1 aromatic heterocycles. The Bertz CT molecular complexity index is 906. The summed E-state index contributed by atoms with van der Waals surface area (Å²) < 4.78 is 6.73. The monoisotopic (exact) mass is 433 g/mol. The summed E-state index contributed by atoms with van der Waals surface area (Å²) in [7, 11) is 0. The van der Waals surface area contributed by atoms with Crippen LogP contribution < -0.4 is 5.56 Å². The number of amides is 1. The highest BCUT2D eigenvalue weighted by atomic mass is 35.5. The van der Waals surface area contributed by atoms with Gasteiger partial charge in [0.25, 0.3) is 5.56 Å². The summed E-state index contributed by atoms with van der Waals surface area (Å²) in [5, 5.41) is 11.1. The maximum Gasteiger partial charge on any atom is 0.409 e. The Kier molecular flexibility index (Phi) is 7.76. The number of rotatable bonds is 7. The van der Waals surface area contributed by atoms with Crippen molar-refractivity contribution in [2.75, 3.05) is 32.8 Å². The number of aromatic hydroxyl groups is 1. The highest BCUT2D eigenvalue weighted by Gasteiger charge is 2.23. The lowest BCUT2D eigenvalue weighted by atomic mass is 10.2. The van der Waals surface area contributed by atoms with E-state index in [0.717, 1.165) is 18.4 Å². The molecule has 0 saturated carbocycles. The second-order valence-corrected chi connectivity index (χ2v) is 7.92. The van der Waals surface area contributed by atoms with E-state index in [0.29, 0.717) is 56.5 Å². The predicted molar refractivity (Wildman–Crippen MR) is 116 cm³/mol. The average Bonchev–Trinajstić information content (AvgIpc) is 2.75. The van der Waals surface area contributed by atoms with Crippen LogP contribution in [0.15, 0.2) is 41.3 Å². The average molecular weight is 434 g/mol. The summed E-state index contributed by atoms with van der Waals surface area (Å²) in [4.78, 5) is 28.4. The largest absolute Gasteiger partial charge is 0.503 e. The first-order chi connectivity index (χ1) is 14.5. The maximum absolute atomic E-state index is 12.6. The van der Waals surface area contributed by atoms with Crippen LogP contribution in [0.4, 0.5) is 4.79 Å². The fourth-order valence-corrected chi connectivity index (χ4v) is 3.49. The van der Waals surface area contributed by atoms with E-state index in [4.69, 9.17) is 16.3 Å². The Morgan fingerprint density at radius 1 is 1.10 bits per heavy atom. The van der Waals surface area contributed by atoms with Gasteiger partial charge >= 0.3 is 6.09 Å². The summed E-state index contributed by atoms with van der Waals surface area (Å²) >= 11 is 5.90. The van der Waals surface area contributed by atoms with Crippen molar-refractivity contribution >= 4 is 17.7 Å². The Morgan fingerprint density at radius 3 is 2.47 bits per heavy atom. The van der Waals surface area contributed by atoms with Gasteiger partial charge in [-0.15, -0.1) is 0 Å². The van der Waals surface area contributed by atoms with E-state index < -0.39 is 5.56 Å². The summed E-state index contributed by atoms with van der Waals surface area (Å²) in [5.74, 6) is -0.229. The second kappa shape index (κ2) is 10.5. The number of hydrogen-bond donors (Lipinski definition) is 1. The van der Waals surface area contributed by atoms with E-state index in [2.05, 4.69) is 11.8 Å². The topological polar surface area (TPSA) is 75.0 Å². The molecule has 1 N–H and O–H groups in total. The first-order valence-corrected chi connectivity index (χ1v) is 10.7. The number of carbonyl (C=O) groups excluding carboxylic acids is 1. The molecule has 1 amide bonds. The highest BCUT2D eigenvalue weighted by molar-refractivity contribution is 6.30. The summed E-state index contributed by atoms with van der Waals surface area (Å²) in [6.07, 6.45) is 3.29. The van der Waals surface area contributed by atoms with E-state index in [-0.39, 0.29) is 11.8 Å². The zero-order valence-corrected chi connectivity index (χ0v) is 18.0. The van der Waals surface area contributed by atoms with Crippen LogP contribution in [0.25, 0.3) is 0 Å². The van der Waals surface area contributed by atoms with Crippen LogP contribution in [-0.2, 0) is 17.8 Å². The lowest BCUT2D eigenvalue weighted by Crippen LogP contribution is -2.48. The minimum Gasteiger partial charge on any atom is -0.503 e.